The number of amides is 1. The van der Waals surface area contributed by atoms with E-state index in [2.05, 4.69) is 24.9 Å². The number of likely N-dealkylation sites (tertiary alicyclic amines) is 1. The number of ether oxygens (including phenoxy) is 1. The second-order valence-corrected chi connectivity index (χ2v) is 14.9. The molecule has 1 aliphatic heterocycles. The number of carbonyl (C=O) groups is 1. The maximum Gasteiger partial charge on any atom is 0.410 e. The van der Waals surface area contributed by atoms with Crippen molar-refractivity contribution in [2.24, 2.45) is 0 Å². The zero-order valence-electron chi connectivity index (χ0n) is 24.4. The van der Waals surface area contributed by atoms with Gasteiger partial charge in [0, 0.05) is 29.3 Å². The topological polar surface area (TPSA) is 156 Å². The van der Waals surface area contributed by atoms with Crippen molar-refractivity contribution in [2.45, 2.75) is 87.8 Å². The maximum absolute atomic E-state index is 13.5. The van der Waals surface area contributed by atoms with Gasteiger partial charge in [-0.1, -0.05) is 17.4 Å². The number of alkyl halides is 2. The summed E-state index contributed by atoms with van der Waals surface area (Å²) in [5.41, 5.74) is -0.331. The number of hydrogen-bond acceptors (Lipinski definition) is 10. The van der Waals surface area contributed by atoms with Crippen molar-refractivity contribution >= 4 is 49.4 Å². The second kappa shape index (κ2) is 10.7. The summed E-state index contributed by atoms with van der Waals surface area (Å²) in [6.07, 6.45) is 0.161. The van der Waals surface area contributed by atoms with E-state index in [1.807, 2.05) is 33.8 Å². The summed E-state index contributed by atoms with van der Waals surface area (Å²) in [4.78, 5) is 23.6. The lowest BCUT2D eigenvalue weighted by atomic mass is 9.87. The molecule has 16 heteroatoms. The predicted octanol–water partition coefficient (Wildman–Crippen LogP) is 5.20. The first-order chi connectivity index (χ1) is 20.7. The summed E-state index contributed by atoms with van der Waals surface area (Å²) < 4.78 is 63.2. The maximum atomic E-state index is 13.5. The van der Waals surface area contributed by atoms with Crippen LogP contribution in [0, 0.1) is 11.3 Å². The van der Waals surface area contributed by atoms with Gasteiger partial charge in [-0.3, -0.25) is 4.57 Å². The first-order valence-corrected chi connectivity index (χ1v) is 16.4. The van der Waals surface area contributed by atoms with Gasteiger partial charge >= 0.3 is 6.09 Å². The molecule has 1 aliphatic carbocycles. The van der Waals surface area contributed by atoms with Gasteiger partial charge in [0.1, 0.15) is 17.5 Å². The molecule has 2 aliphatic rings. The van der Waals surface area contributed by atoms with Gasteiger partial charge in [0.25, 0.3) is 6.43 Å². The van der Waals surface area contributed by atoms with Gasteiger partial charge < -0.3 is 9.64 Å². The highest BCUT2D eigenvalue weighted by Crippen LogP contribution is 2.41. The number of piperidine rings is 1. The third-order valence-corrected chi connectivity index (χ3v) is 10.3. The summed E-state index contributed by atoms with van der Waals surface area (Å²) in [7, 11) is -4.09. The molecule has 44 heavy (non-hydrogen) atoms. The van der Waals surface area contributed by atoms with Gasteiger partial charge in [-0.15, -0.1) is 10.2 Å². The third-order valence-electron chi connectivity index (χ3n) is 7.85. The lowest BCUT2D eigenvalue weighted by molar-refractivity contribution is 0.0103. The molecule has 0 radical (unpaired) electrons. The Morgan fingerprint density at radius 2 is 2.00 bits per heavy atom. The summed E-state index contributed by atoms with van der Waals surface area (Å²) in [5, 5.41) is 17.9. The van der Waals surface area contributed by atoms with Gasteiger partial charge in [0.2, 0.25) is 15.2 Å². The molecular weight excluding hydrogens is 614 g/mol. The lowest BCUT2D eigenvalue weighted by Gasteiger charge is -2.38. The number of nitriles is 1. The highest BCUT2D eigenvalue weighted by atomic mass is 32.2. The number of halogens is 2. The van der Waals surface area contributed by atoms with E-state index in [9.17, 15) is 27.3 Å². The number of hydrogen-bond donors (Lipinski definition) is 1. The van der Waals surface area contributed by atoms with E-state index in [1.54, 1.807) is 11.0 Å². The van der Waals surface area contributed by atoms with Gasteiger partial charge in [0.15, 0.2) is 10.7 Å². The number of fused-ring (bicyclic) bond motifs is 3. The van der Waals surface area contributed by atoms with Crippen molar-refractivity contribution in [1.29, 1.82) is 5.26 Å². The fourth-order valence-corrected chi connectivity index (χ4v) is 7.72. The number of rotatable bonds is 6. The minimum atomic E-state index is -4.09. The van der Waals surface area contributed by atoms with Crippen LogP contribution in [0.15, 0.2) is 29.4 Å². The van der Waals surface area contributed by atoms with Crippen LogP contribution in [-0.2, 0) is 14.8 Å². The molecule has 12 nitrogen and oxygen atoms in total. The summed E-state index contributed by atoms with van der Waals surface area (Å²) >= 11 is 0.679. The van der Waals surface area contributed by atoms with Crippen LogP contribution in [-0.4, -0.2) is 67.9 Å². The lowest BCUT2D eigenvalue weighted by Crippen LogP contribution is -2.46. The van der Waals surface area contributed by atoms with Crippen LogP contribution in [0.5, 0.6) is 0 Å². The molecule has 1 aromatic carbocycles. The molecule has 1 N–H and O–H groups in total. The third kappa shape index (κ3) is 5.48. The van der Waals surface area contributed by atoms with E-state index in [0.717, 1.165) is 0 Å². The number of nitrogens with one attached hydrogen (secondary N) is 1. The Morgan fingerprint density at radius 1 is 1.25 bits per heavy atom. The van der Waals surface area contributed by atoms with E-state index in [1.165, 1.54) is 23.0 Å². The molecule has 0 spiro atoms. The van der Waals surface area contributed by atoms with Crippen LogP contribution in [0.3, 0.4) is 0 Å². The largest absolute Gasteiger partial charge is 0.444 e. The SMILES string of the molecule is C[C@H]1CC(c2ncnc3c2c2ccc(S(=O)(=O)NC4(C#N)CC4)cc2n3-c2nnc(C(F)F)s2)CCN1C(=O)OC(C)(C)C. The summed E-state index contributed by atoms with van der Waals surface area (Å²) in [5.74, 6) is -0.0882. The fraction of sp³-hybridized carbons (Fsp3) is 0.500. The Morgan fingerprint density at radius 3 is 2.61 bits per heavy atom. The van der Waals surface area contributed by atoms with Crippen LogP contribution in [0.1, 0.15) is 76.4 Å². The minimum Gasteiger partial charge on any atom is -0.444 e. The number of carbonyl (C=O) groups excluding carboxylic acids is 1. The monoisotopic (exact) mass is 644 g/mol. The second-order valence-electron chi connectivity index (χ2n) is 12.2. The molecule has 6 rings (SSSR count). The molecular formula is C28H30F2N8O4S2. The Kier molecular flexibility index (Phi) is 7.33. The van der Waals surface area contributed by atoms with Gasteiger partial charge in [-0.25, -0.2) is 32.0 Å². The number of benzene rings is 1. The van der Waals surface area contributed by atoms with Crippen LogP contribution in [0.2, 0.25) is 0 Å². The van der Waals surface area contributed by atoms with Crippen molar-refractivity contribution in [3.05, 3.63) is 35.2 Å². The zero-order valence-corrected chi connectivity index (χ0v) is 26.0. The van der Waals surface area contributed by atoms with Crippen molar-refractivity contribution < 1.29 is 26.7 Å². The molecule has 1 saturated carbocycles. The molecule has 3 aromatic heterocycles. The molecule has 2 atom stereocenters. The van der Waals surface area contributed by atoms with E-state index < -0.39 is 32.6 Å². The number of sulfonamides is 1. The van der Waals surface area contributed by atoms with E-state index >= 15 is 0 Å². The first kappa shape index (κ1) is 30.2. The number of aromatic nitrogens is 5. The van der Waals surface area contributed by atoms with Gasteiger partial charge in [-0.2, -0.15) is 9.98 Å². The minimum absolute atomic E-state index is 0.0882. The van der Waals surface area contributed by atoms with Crippen LogP contribution in [0.4, 0.5) is 13.6 Å². The van der Waals surface area contributed by atoms with Crippen molar-refractivity contribution in [3.8, 4) is 11.2 Å². The van der Waals surface area contributed by atoms with Crippen molar-refractivity contribution in [1.82, 2.24) is 34.4 Å². The van der Waals surface area contributed by atoms with Gasteiger partial charge in [-0.05, 0) is 65.5 Å². The Labute approximate surface area is 256 Å². The highest BCUT2D eigenvalue weighted by Gasteiger charge is 2.47. The first-order valence-electron chi connectivity index (χ1n) is 14.1. The fourth-order valence-electron chi connectivity index (χ4n) is 5.60. The Balaban J connectivity index is 1.46. The average molecular weight is 645 g/mol. The summed E-state index contributed by atoms with van der Waals surface area (Å²) in [6.45, 7) is 7.84. The van der Waals surface area contributed by atoms with Crippen molar-refractivity contribution in [3.63, 3.8) is 0 Å². The average Bonchev–Trinajstić information content (AvgIpc) is 3.39. The van der Waals surface area contributed by atoms with Crippen LogP contribution >= 0.6 is 11.3 Å². The molecule has 0 bridgehead atoms. The zero-order chi connectivity index (χ0) is 31.6. The van der Waals surface area contributed by atoms with Crippen molar-refractivity contribution in [2.75, 3.05) is 6.54 Å². The Bertz CT molecular complexity index is 1930. The molecule has 1 saturated heterocycles. The van der Waals surface area contributed by atoms with Crippen LogP contribution < -0.4 is 4.72 Å². The Hall–Kier alpha value is -3.81. The molecule has 232 valence electrons. The quantitative estimate of drug-likeness (QED) is 0.298. The number of nitrogens with zero attached hydrogens (tertiary/aromatic N) is 7. The standard InChI is InChI=1S/C28H30F2N8O4S2/c1-15-11-16(7-10-37(15)26(39)42-27(2,3)4)21-20-18-6-5-17(44(40,41)36-28(13-31)8-9-28)12-19(18)38(23(20)33-14-32-21)25-35-34-24(43-25)22(29)30/h5-6,12,14-16,22,36H,7-11H2,1-4H3/t15-,16?/m0/s1. The van der Waals surface area contributed by atoms with E-state index in [0.29, 0.717) is 71.2 Å². The summed E-state index contributed by atoms with van der Waals surface area (Å²) in [6, 6.07) is 6.37. The predicted molar refractivity (Wildman–Crippen MR) is 157 cm³/mol. The molecule has 1 amide bonds. The van der Waals surface area contributed by atoms with E-state index in [4.69, 9.17) is 4.74 Å². The van der Waals surface area contributed by atoms with Gasteiger partial charge in [0.05, 0.1) is 22.2 Å². The smallest absolute Gasteiger partial charge is 0.410 e. The molecule has 1 unspecified atom stereocenters. The molecule has 4 heterocycles. The molecule has 2 fully saturated rings. The van der Waals surface area contributed by atoms with Crippen LogP contribution in [0.25, 0.3) is 27.1 Å². The molecule has 4 aromatic rings. The van der Waals surface area contributed by atoms with E-state index in [-0.39, 0.29) is 28.1 Å². The normalized spacial score (nSPS) is 20.3. The highest BCUT2D eigenvalue weighted by molar-refractivity contribution is 7.89.